The second kappa shape index (κ2) is 6.42. The molecule has 23 heavy (non-hydrogen) atoms. The van der Waals surface area contributed by atoms with E-state index in [0.717, 1.165) is 58.0 Å². The molecule has 1 saturated carbocycles. The third-order valence-corrected chi connectivity index (χ3v) is 6.15. The van der Waals surface area contributed by atoms with Crippen molar-refractivity contribution >= 4 is 11.8 Å². The Balaban J connectivity index is 1.67. The molecule has 2 atom stereocenters. The number of carbonyl (C=O) groups excluding carboxylic acids is 2. The Morgan fingerprint density at radius 3 is 2.30 bits per heavy atom. The molecule has 130 valence electrons. The van der Waals surface area contributed by atoms with Crippen LogP contribution < -0.4 is 5.73 Å². The van der Waals surface area contributed by atoms with Crippen molar-refractivity contribution in [3.8, 4) is 0 Å². The van der Waals surface area contributed by atoms with Gasteiger partial charge in [0.25, 0.3) is 0 Å². The molecule has 3 aliphatic rings. The fourth-order valence-electron chi connectivity index (χ4n) is 4.47. The molecule has 0 aromatic heterocycles. The van der Waals surface area contributed by atoms with Gasteiger partial charge in [-0.1, -0.05) is 26.7 Å². The number of likely N-dealkylation sites (tertiary alicyclic amines) is 2. The lowest BCUT2D eigenvalue weighted by atomic mass is 9.79. The quantitative estimate of drug-likeness (QED) is 0.842. The van der Waals surface area contributed by atoms with Crippen molar-refractivity contribution in [3.05, 3.63) is 0 Å². The standard InChI is InChI=1S/C18H31N3O2/c1-18(2)12-20(11-9-15(18)19)17(23)14-8-5-10-21(14)16(22)13-6-3-4-7-13/h13-15H,3-12,19H2,1-2H3. The monoisotopic (exact) mass is 321 g/mol. The van der Waals surface area contributed by atoms with Crippen LogP contribution in [0.4, 0.5) is 0 Å². The van der Waals surface area contributed by atoms with Gasteiger partial charge < -0.3 is 15.5 Å². The normalized spacial score (nSPS) is 31.6. The minimum atomic E-state index is -0.228. The summed E-state index contributed by atoms with van der Waals surface area (Å²) in [6.07, 6.45) is 6.93. The van der Waals surface area contributed by atoms with Crippen LogP contribution in [0.25, 0.3) is 0 Å². The maximum absolute atomic E-state index is 13.0. The smallest absolute Gasteiger partial charge is 0.245 e. The van der Waals surface area contributed by atoms with Gasteiger partial charge in [0.05, 0.1) is 0 Å². The first-order valence-corrected chi connectivity index (χ1v) is 9.25. The number of hydrogen-bond donors (Lipinski definition) is 1. The van der Waals surface area contributed by atoms with E-state index in [0.29, 0.717) is 6.54 Å². The Morgan fingerprint density at radius 1 is 0.957 bits per heavy atom. The summed E-state index contributed by atoms with van der Waals surface area (Å²) in [4.78, 5) is 29.6. The van der Waals surface area contributed by atoms with E-state index in [1.165, 1.54) is 0 Å². The largest absolute Gasteiger partial charge is 0.340 e. The fourth-order valence-corrected chi connectivity index (χ4v) is 4.47. The first-order chi connectivity index (χ1) is 10.9. The van der Waals surface area contributed by atoms with E-state index in [1.54, 1.807) is 0 Å². The van der Waals surface area contributed by atoms with Gasteiger partial charge in [0.1, 0.15) is 6.04 Å². The van der Waals surface area contributed by atoms with E-state index < -0.39 is 0 Å². The molecule has 1 aliphatic carbocycles. The van der Waals surface area contributed by atoms with Crippen LogP contribution in [0.2, 0.25) is 0 Å². The lowest BCUT2D eigenvalue weighted by Gasteiger charge is -2.44. The number of nitrogens with zero attached hydrogens (tertiary/aromatic N) is 2. The number of carbonyl (C=O) groups is 2. The molecule has 2 heterocycles. The Hall–Kier alpha value is -1.10. The van der Waals surface area contributed by atoms with Crippen molar-refractivity contribution in [2.24, 2.45) is 17.1 Å². The van der Waals surface area contributed by atoms with E-state index in [1.807, 2.05) is 9.80 Å². The minimum Gasteiger partial charge on any atom is -0.340 e. The van der Waals surface area contributed by atoms with Crippen molar-refractivity contribution in [3.63, 3.8) is 0 Å². The molecular formula is C18H31N3O2. The van der Waals surface area contributed by atoms with Gasteiger partial charge in [-0.2, -0.15) is 0 Å². The number of nitrogens with two attached hydrogens (primary N) is 1. The molecule has 0 aromatic rings. The highest BCUT2D eigenvalue weighted by atomic mass is 16.2. The van der Waals surface area contributed by atoms with Gasteiger partial charge in [-0.15, -0.1) is 0 Å². The Bertz CT molecular complexity index is 471. The average molecular weight is 321 g/mol. The van der Waals surface area contributed by atoms with Gasteiger partial charge >= 0.3 is 0 Å². The zero-order valence-corrected chi connectivity index (χ0v) is 14.6. The summed E-state index contributed by atoms with van der Waals surface area (Å²) in [7, 11) is 0. The van der Waals surface area contributed by atoms with Crippen molar-refractivity contribution in [2.75, 3.05) is 19.6 Å². The van der Waals surface area contributed by atoms with E-state index in [-0.39, 0.29) is 35.2 Å². The third-order valence-electron chi connectivity index (χ3n) is 6.15. The van der Waals surface area contributed by atoms with Crippen molar-refractivity contribution in [2.45, 2.75) is 70.9 Å². The molecular weight excluding hydrogens is 290 g/mol. The number of piperidine rings is 1. The van der Waals surface area contributed by atoms with Crippen LogP contribution in [-0.2, 0) is 9.59 Å². The first kappa shape index (κ1) is 16.7. The Labute approximate surface area is 139 Å². The second-order valence-corrected chi connectivity index (χ2v) is 8.31. The van der Waals surface area contributed by atoms with Crippen molar-refractivity contribution in [1.82, 2.24) is 9.80 Å². The minimum absolute atomic E-state index is 0.0488. The zero-order valence-electron chi connectivity index (χ0n) is 14.6. The SMILES string of the molecule is CC1(C)CN(C(=O)C2CCCN2C(=O)C2CCCC2)CCC1N. The summed E-state index contributed by atoms with van der Waals surface area (Å²) in [6.45, 7) is 6.45. The molecule has 3 rings (SSSR count). The molecule has 5 heteroatoms. The predicted molar refractivity (Wildman–Crippen MR) is 89.6 cm³/mol. The maximum atomic E-state index is 13.0. The van der Waals surface area contributed by atoms with Crippen LogP contribution in [0.5, 0.6) is 0 Å². The van der Waals surface area contributed by atoms with Gasteiger partial charge in [-0.3, -0.25) is 9.59 Å². The zero-order chi connectivity index (χ0) is 16.6. The number of amides is 2. The summed E-state index contributed by atoms with van der Waals surface area (Å²) in [5.74, 6) is 0.537. The first-order valence-electron chi connectivity index (χ1n) is 9.25. The lowest BCUT2D eigenvalue weighted by Crippen LogP contribution is -2.57. The second-order valence-electron chi connectivity index (χ2n) is 8.31. The predicted octanol–water partition coefficient (Wildman–Crippen LogP) is 1.75. The van der Waals surface area contributed by atoms with Crippen LogP contribution in [0, 0.1) is 11.3 Å². The molecule has 2 aliphatic heterocycles. The highest BCUT2D eigenvalue weighted by Crippen LogP contribution is 2.32. The summed E-state index contributed by atoms with van der Waals surface area (Å²) >= 11 is 0. The fraction of sp³-hybridized carbons (Fsp3) is 0.889. The summed E-state index contributed by atoms with van der Waals surface area (Å²) in [5.41, 5.74) is 6.14. The molecule has 0 spiro atoms. The molecule has 5 nitrogen and oxygen atoms in total. The van der Waals surface area contributed by atoms with E-state index in [4.69, 9.17) is 5.73 Å². The van der Waals surface area contributed by atoms with E-state index in [9.17, 15) is 9.59 Å². The summed E-state index contributed by atoms with van der Waals surface area (Å²) in [6, 6.07) is -0.0837. The topological polar surface area (TPSA) is 66.6 Å². The van der Waals surface area contributed by atoms with Crippen molar-refractivity contribution < 1.29 is 9.59 Å². The Morgan fingerprint density at radius 2 is 1.65 bits per heavy atom. The van der Waals surface area contributed by atoms with Crippen LogP contribution in [0.3, 0.4) is 0 Å². The Kier molecular flexibility index (Phi) is 4.68. The highest BCUT2D eigenvalue weighted by Gasteiger charge is 2.42. The highest BCUT2D eigenvalue weighted by molar-refractivity contribution is 5.89. The lowest BCUT2D eigenvalue weighted by molar-refractivity contribution is -0.147. The third kappa shape index (κ3) is 3.25. The molecule has 0 radical (unpaired) electrons. The molecule has 0 aromatic carbocycles. The van der Waals surface area contributed by atoms with Crippen LogP contribution in [0.15, 0.2) is 0 Å². The van der Waals surface area contributed by atoms with Crippen molar-refractivity contribution in [1.29, 1.82) is 0 Å². The molecule has 3 fully saturated rings. The van der Waals surface area contributed by atoms with Crippen LogP contribution >= 0.6 is 0 Å². The van der Waals surface area contributed by atoms with Gasteiger partial charge in [-0.05, 0) is 37.5 Å². The van der Waals surface area contributed by atoms with Gasteiger partial charge in [0.15, 0.2) is 0 Å². The molecule has 2 unspecified atom stereocenters. The van der Waals surface area contributed by atoms with Crippen LogP contribution in [0.1, 0.15) is 58.8 Å². The average Bonchev–Trinajstić information content (AvgIpc) is 3.19. The molecule has 2 saturated heterocycles. The molecule has 2 amide bonds. The van der Waals surface area contributed by atoms with Gasteiger partial charge in [0, 0.05) is 31.6 Å². The van der Waals surface area contributed by atoms with E-state index >= 15 is 0 Å². The number of rotatable bonds is 2. The maximum Gasteiger partial charge on any atom is 0.245 e. The summed E-state index contributed by atoms with van der Waals surface area (Å²) in [5, 5.41) is 0. The molecule has 2 N–H and O–H groups in total. The van der Waals surface area contributed by atoms with Gasteiger partial charge in [0.2, 0.25) is 11.8 Å². The summed E-state index contributed by atoms with van der Waals surface area (Å²) < 4.78 is 0. The number of hydrogen-bond acceptors (Lipinski definition) is 3. The molecule has 0 bridgehead atoms. The van der Waals surface area contributed by atoms with Crippen LogP contribution in [-0.4, -0.2) is 53.3 Å². The van der Waals surface area contributed by atoms with Gasteiger partial charge in [-0.25, -0.2) is 0 Å². The van der Waals surface area contributed by atoms with E-state index in [2.05, 4.69) is 13.8 Å².